The van der Waals surface area contributed by atoms with E-state index in [1.165, 1.54) is 18.4 Å². The van der Waals surface area contributed by atoms with Gasteiger partial charge in [-0.3, -0.25) is 4.98 Å². The Labute approximate surface area is 149 Å². The molecule has 1 N–H and O–H groups in total. The Morgan fingerprint density at radius 2 is 2.05 bits per heavy atom. The molecule has 2 atom stereocenters. The molecule has 2 nitrogen and oxygen atoms in total. The second-order valence-corrected chi connectivity index (χ2v) is 5.69. The molecule has 0 saturated carbocycles. The number of piperidine rings is 1. The topological polar surface area (TPSA) is 24.9 Å². The van der Waals surface area contributed by atoms with E-state index in [2.05, 4.69) is 35.4 Å². The van der Waals surface area contributed by atoms with E-state index in [1.807, 2.05) is 6.07 Å². The monoisotopic (exact) mass is 294 g/mol. The van der Waals surface area contributed by atoms with Gasteiger partial charge in [-0.1, -0.05) is 30.7 Å². The number of rotatable bonds is 1. The minimum Gasteiger partial charge on any atom is -1.00 e. The van der Waals surface area contributed by atoms with Crippen molar-refractivity contribution in [3.63, 3.8) is 0 Å². The average Bonchev–Trinajstić information content (AvgIpc) is 2.39. The molecule has 1 aliphatic rings. The predicted octanol–water partition coefficient (Wildman–Crippen LogP) is 0.572. The van der Waals surface area contributed by atoms with Gasteiger partial charge in [0.2, 0.25) is 0 Å². The molecule has 1 aliphatic heterocycles. The van der Waals surface area contributed by atoms with Gasteiger partial charge in [-0.05, 0) is 43.0 Å². The minimum absolute atomic E-state index is 0. The molecule has 20 heavy (non-hydrogen) atoms. The van der Waals surface area contributed by atoms with Crippen molar-refractivity contribution >= 4 is 30.9 Å². The van der Waals surface area contributed by atoms with Crippen LogP contribution in [0.2, 0.25) is 5.02 Å². The summed E-state index contributed by atoms with van der Waals surface area (Å²) in [5.41, 5.74) is 2.36. The van der Waals surface area contributed by atoms with Gasteiger partial charge >= 0.3 is 29.6 Å². The largest absolute Gasteiger partial charge is 1.00 e. The van der Waals surface area contributed by atoms with Crippen molar-refractivity contribution in [1.29, 1.82) is 0 Å². The Morgan fingerprint density at radius 3 is 2.75 bits per heavy atom. The Hall–Kier alpha value is -0.0551. The third-order valence-electron chi connectivity index (χ3n) is 3.74. The van der Waals surface area contributed by atoms with Crippen molar-refractivity contribution in [3.05, 3.63) is 41.0 Å². The van der Waals surface area contributed by atoms with Crippen LogP contribution in [0.25, 0.3) is 10.9 Å². The third-order valence-corrected chi connectivity index (χ3v) is 3.94. The molecule has 0 spiro atoms. The smallest absolute Gasteiger partial charge is 1.00 e. The number of pyridine rings is 1. The second kappa shape index (κ2) is 7.81. The summed E-state index contributed by atoms with van der Waals surface area (Å²) < 4.78 is 0. The molecule has 1 aromatic heterocycles. The van der Waals surface area contributed by atoms with Crippen LogP contribution in [0.1, 0.15) is 31.4 Å². The van der Waals surface area contributed by atoms with Crippen LogP contribution in [-0.2, 0) is 0 Å². The first-order valence-electron chi connectivity index (χ1n) is 6.51. The second-order valence-electron chi connectivity index (χ2n) is 5.25. The van der Waals surface area contributed by atoms with Crippen LogP contribution in [0.15, 0.2) is 30.5 Å². The number of aromatic nitrogens is 1. The average molecular weight is 295 g/mol. The summed E-state index contributed by atoms with van der Waals surface area (Å²) in [7, 11) is 0. The van der Waals surface area contributed by atoms with E-state index in [9.17, 15) is 0 Å². The van der Waals surface area contributed by atoms with Crippen molar-refractivity contribution in [2.75, 3.05) is 6.54 Å². The molecule has 2 unspecified atom stereocenters. The molecule has 1 aromatic carbocycles. The normalized spacial score (nSPS) is 21.9. The maximum Gasteiger partial charge on any atom is 1.00 e. The third kappa shape index (κ3) is 3.99. The summed E-state index contributed by atoms with van der Waals surface area (Å²) in [6.45, 7) is 3.41. The maximum absolute atomic E-state index is 5.95. The zero-order valence-electron chi connectivity index (χ0n) is 12.1. The fourth-order valence-electron chi connectivity index (χ4n) is 2.61. The number of halogens is 1. The fourth-order valence-corrected chi connectivity index (χ4v) is 2.78. The van der Waals surface area contributed by atoms with Gasteiger partial charge in [-0.2, -0.15) is 0 Å². The first-order valence-corrected chi connectivity index (χ1v) is 6.89. The Kier molecular flexibility index (Phi) is 7.03. The number of hydrogen-bond acceptors (Lipinski definition) is 2. The SMILES string of the molecule is CC1CCC(c2ccc3cc(Cl)cnc3c2)NC1.[B-].[Na+]. The zero-order chi connectivity index (χ0) is 12.5. The molecule has 2 aromatic rings. The van der Waals surface area contributed by atoms with Crippen molar-refractivity contribution in [3.8, 4) is 0 Å². The van der Waals surface area contributed by atoms with Gasteiger partial charge in [0.05, 0.1) is 10.5 Å². The van der Waals surface area contributed by atoms with Gasteiger partial charge < -0.3 is 13.7 Å². The van der Waals surface area contributed by atoms with Gasteiger partial charge in [-0.15, -0.1) is 0 Å². The molecule has 0 aliphatic carbocycles. The number of nitrogens with zero attached hydrogens (tertiary/aromatic N) is 1. The summed E-state index contributed by atoms with van der Waals surface area (Å²) in [6, 6.07) is 8.92. The van der Waals surface area contributed by atoms with Gasteiger partial charge in [0.1, 0.15) is 0 Å². The number of fused-ring (bicyclic) bond motifs is 1. The summed E-state index contributed by atoms with van der Waals surface area (Å²) in [6.07, 6.45) is 4.22. The van der Waals surface area contributed by atoms with Gasteiger partial charge in [0.25, 0.3) is 0 Å². The molecule has 5 heteroatoms. The van der Waals surface area contributed by atoms with E-state index in [0.717, 1.165) is 23.4 Å². The molecule has 98 valence electrons. The van der Waals surface area contributed by atoms with Crippen LogP contribution in [-0.4, -0.2) is 19.9 Å². The Balaban J connectivity index is 0.000001000. The van der Waals surface area contributed by atoms with E-state index < -0.39 is 0 Å². The van der Waals surface area contributed by atoms with Crippen molar-refractivity contribution in [2.45, 2.75) is 25.8 Å². The molecule has 2 heterocycles. The molecule has 0 bridgehead atoms. The summed E-state index contributed by atoms with van der Waals surface area (Å²) in [5, 5.41) is 5.41. The maximum atomic E-state index is 5.95. The quantitative estimate of drug-likeness (QED) is 0.778. The van der Waals surface area contributed by atoms with Gasteiger partial charge in [0, 0.05) is 17.6 Å². The van der Waals surface area contributed by atoms with Crippen LogP contribution >= 0.6 is 11.6 Å². The van der Waals surface area contributed by atoms with Crippen LogP contribution in [0.5, 0.6) is 0 Å². The summed E-state index contributed by atoms with van der Waals surface area (Å²) in [5.74, 6) is 0.790. The van der Waals surface area contributed by atoms with E-state index >= 15 is 0 Å². The van der Waals surface area contributed by atoms with Crippen LogP contribution in [0.4, 0.5) is 0 Å². The fraction of sp³-hybridized carbons (Fsp3) is 0.400. The first-order chi connectivity index (χ1) is 8.72. The van der Waals surface area contributed by atoms with Gasteiger partial charge in [0.15, 0.2) is 0 Å². The molecule has 1 saturated heterocycles. The van der Waals surface area contributed by atoms with E-state index in [1.54, 1.807) is 6.20 Å². The minimum atomic E-state index is 0. The predicted molar refractivity (Wildman–Crippen MR) is 81.6 cm³/mol. The Morgan fingerprint density at radius 1 is 1.25 bits per heavy atom. The molecule has 4 radical (unpaired) electrons. The van der Waals surface area contributed by atoms with Crippen LogP contribution in [0.3, 0.4) is 0 Å². The van der Waals surface area contributed by atoms with Crippen molar-refractivity contribution in [1.82, 2.24) is 10.3 Å². The van der Waals surface area contributed by atoms with E-state index in [4.69, 9.17) is 11.6 Å². The summed E-state index contributed by atoms with van der Waals surface area (Å²) >= 11 is 5.95. The zero-order valence-corrected chi connectivity index (χ0v) is 14.8. The molecular weight excluding hydrogens is 277 g/mol. The Bertz CT molecular complexity index is 571. The summed E-state index contributed by atoms with van der Waals surface area (Å²) in [4.78, 5) is 4.39. The molecule has 3 rings (SSSR count). The molecule has 1 fully saturated rings. The van der Waals surface area contributed by atoms with Crippen LogP contribution in [0, 0.1) is 5.92 Å². The number of nitrogens with one attached hydrogen (secondary N) is 1. The number of benzene rings is 1. The van der Waals surface area contributed by atoms with E-state index in [0.29, 0.717) is 11.1 Å². The van der Waals surface area contributed by atoms with Crippen LogP contribution < -0.4 is 34.9 Å². The van der Waals surface area contributed by atoms with Crippen molar-refractivity contribution < 1.29 is 29.6 Å². The molecular formula is C15H17BClN2Na. The molecule has 0 amide bonds. The first kappa shape index (κ1) is 18.0. The number of hydrogen-bond donors (Lipinski definition) is 1. The van der Waals surface area contributed by atoms with E-state index in [-0.39, 0.29) is 38.0 Å². The standard InChI is InChI=1S/C15H17ClN2.B.Na/c1-10-2-5-14(17-8-10)12-4-3-11-6-13(16)9-18-15(11)7-12;;/h3-4,6-7,9-10,14,17H,2,5,8H2,1H3;;/q;-1;+1. The van der Waals surface area contributed by atoms with Gasteiger partial charge in [-0.25, -0.2) is 0 Å². The van der Waals surface area contributed by atoms with Crippen molar-refractivity contribution in [2.24, 2.45) is 5.92 Å².